The van der Waals surface area contributed by atoms with Gasteiger partial charge < -0.3 is 19.3 Å². The van der Waals surface area contributed by atoms with Gasteiger partial charge in [-0.3, -0.25) is 4.79 Å². The van der Waals surface area contributed by atoms with Gasteiger partial charge in [0.2, 0.25) is 5.91 Å². The number of hydrogen-bond donors (Lipinski definition) is 0. The highest BCUT2D eigenvalue weighted by atomic mass is 35.5. The predicted octanol–water partition coefficient (Wildman–Crippen LogP) is 7.55. The summed E-state index contributed by atoms with van der Waals surface area (Å²) in [6.45, 7) is 6.40. The highest BCUT2D eigenvalue weighted by Gasteiger charge is 2.44. The number of methoxy groups -OCH3 is 1. The molecular formula is C33H37ClN2O4. The third-order valence-corrected chi connectivity index (χ3v) is 7.88. The Balaban J connectivity index is 1.51. The van der Waals surface area contributed by atoms with Crippen molar-refractivity contribution in [1.82, 2.24) is 4.90 Å². The molecule has 0 unspecified atom stereocenters. The van der Waals surface area contributed by atoms with E-state index in [0.29, 0.717) is 30.3 Å². The van der Waals surface area contributed by atoms with Crippen LogP contribution in [0.5, 0.6) is 5.75 Å². The van der Waals surface area contributed by atoms with Crippen LogP contribution in [0.2, 0.25) is 5.02 Å². The van der Waals surface area contributed by atoms with Gasteiger partial charge >= 0.3 is 6.09 Å². The van der Waals surface area contributed by atoms with E-state index in [1.54, 1.807) is 18.1 Å². The van der Waals surface area contributed by atoms with E-state index in [4.69, 9.17) is 21.1 Å². The molecule has 1 aliphatic carbocycles. The van der Waals surface area contributed by atoms with Gasteiger partial charge in [0.15, 0.2) is 0 Å². The molecule has 7 heteroatoms. The molecule has 1 saturated heterocycles. The van der Waals surface area contributed by atoms with Crippen molar-refractivity contribution in [3.8, 4) is 16.9 Å². The van der Waals surface area contributed by atoms with Gasteiger partial charge in [0, 0.05) is 30.9 Å². The quantitative estimate of drug-likeness (QED) is 0.312. The van der Waals surface area contributed by atoms with Crippen molar-refractivity contribution in [2.24, 2.45) is 5.92 Å². The second-order valence-electron chi connectivity index (χ2n) is 11.7. The number of halogens is 1. The van der Waals surface area contributed by atoms with Crippen molar-refractivity contribution in [3.05, 3.63) is 83.4 Å². The first kappa shape index (κ1) is 28.0. The summed E-state index contributed by atoms with van der Waals surface area (Å²) in [6.07, 6.45) is 2.16. The summed E-state index contributed by atoms with van der Waals surface area (Å²) < 4.78 is 11.2. The zero-order chi connectivity index (χ0) is 28.4. The number of amides is 2. The molecule has 1 heterocycles. The molecule has 2 fully saturated rings. The maximum absolute atomic E-state index is 14.5. The van der Waals surface area contributed by atoms with Crippen LogP contribution in [-0.4, -0.2) is 48.7 Å². The maximum Gasteiger partial charge on any atom is 0.410 e. The summed E-state index contributed by atoms with van der Waals surface area (Å²) in [4.78, 5) is 31.2. The van der Waals surface area contributed by atoms with Crippen molar-refractivity contribution in [2.75, 3.05) is 25.1 Å². The fraction of sp³-hybridized carbons (Fsp3) is 0.394. The number of ether oxygens (including phenoxy) is 2. The average Bonchev–Trinajstić information content (AvgIpc) is 3.78. The Morgan fingerprint density at radius 2 is 1.65 bits per heavy atom. The molecule has 40 heavy (non-hydrogen) atoms. The minimum Gasteiger partial charge on any atom is -0.495 e. The molecule has 3 aromatic carbocycles. The lowest BCUT2D eigenvalue weighted by Gasteiger charge is -2.40. The number of hydrogen-bond acceptors (Lipinski definition) is 4. The van der Waals surface area contributed by atoms with Crippen molar-refractivity contribution >= 4 is 29.3 Å². The van der Waals surface area contributed by atoms with E-state index in [2.05, 4.69) is 36.4 Å². The molecular weight excluding hydrogens is 524 g/mol. The van der Waals surface area contributed by atoms with E-state index >= 15 is 0 Å². The summed E-state index contributed by atoms with van der Waals surface area (Å²) in [6, 6.07) is 24.3. The highest BCUT2D eigenvalue weighted by Crippen LogP contribution is 2.41. The molecule has 0 aromatic heterocycles. The first-order valence-electron chi connectivity index (χ1n) is 13.9. The first-order chi connectivity index (χ1) is 19.1. The molecule has 6 nitrogen and oxygen atoms in total. The fourth-order valence-electron chi connectivity index (χ4n) is 5.50. The lowest BCUT2D eigenvalue weighted by Crippen LogP contribution is -2.51. The van der Waals surface area contributed by atoms with E-state index in [9.17, 15) is 9.59 Å². The van der Waals surface area contributed by atoms with Crippen LogP contribution in [0.3, 0.4) is 0 Å². The van der Waals surface area contributed by atoms with Crippen LogP contribution in [0.4, 0.5) is 10.5 Å². The van der Waals surface area contributed by atoms with E-state index in [1.165, 1.54) is 0 Å². The third-order valence-electron chi connectivity index (χ3n) is 7.57. The lowest BCUT2D eigenvalue weighted by molar-refractivity contribution is -0.124. The van der Waals surface area contributed by atoms with Crippen LogP contribution >= 0.6 is 11.6 Å². The number of benzene rings is 3. The second-order valence-corrected chi connectivity index (χ2v) is 12.1. The number of carbonyl (C=O) groups is 2. The van der Waals surface area contributed by atoms with Gasteiger partial charge in [0.1, 0.15) is 11.4 Å². The SMILES string of the molecule is COc1cc(N(C(=O)[C@H]2CN(C(=O)OC(C)(C)C)CC[C@@H]2c2cccc(-c3ccccc3)c2)C2CC2)ccc1Cl. The van der Waals surface area contributed by atoms with Crippen LogP contribution in [-0.2, 0) is 9.53 Å². The Labute approximate surface area is 241 Å². The minimum absolute atomic E-state index is 0.00949. The van der Waals surface area contributed by atoms with Crippen LogP contribution in [0, 0.1) is 5.92 Å². The minimum atomic E-state index is -0.614. The monoisotopic (exact) mass is 560 g/mol. The molecule has 1 aliphatic heterocycles. The van der Waals surface area contributed by atoms with Crippen molar-refractivity contribution in [3.63, 3.8) is 0 Å². The Morgan fingerprint density at radius 3 is 2.33 bits per heavy atom. The third kappa shape index (κ3) is 6.28. The van der Waals surface area contributed by atoms with Gasteiger partial charge in [0.25, 0.3) is 0 Å². The number of rotatable bonds is 6. The molecule has 0 radical (unpaired) electrons. The molecule has 0 N–H and O–H groups in total. The molecule has 2 amide bonds. The van der Waals surface area contributed by atoms with Gasteiger partial charge in [0.05, 0.1) is 18.1 Å². The molecule has 210 valence electrons. The van der Waals surface area contributed by atoms with Crippen molar-refractivity contribution in [2.45, 2.75) is 57.6 Å². The summed E-state index contributed by atoms with van der Waals surface area (Å²) in [5, 5.41) is 0.499. The number of piperidine rings is 1. The second kappa shape index (κ2) is 11.5. The standard InChI is InChI=1S/C33H37ClN2O4/c1-33(2,3)40-32(38)35-18-17-27(24-12-8-11-23(19-24)22-9-6-5-7-10-22)28(21-35)31(37)36(25-13-14-25)26-15-16-29(34)30(20-26)39-4/h5-12,15-16,19-20,25,27-28H,13-14,17-18,21H2,1-4H3/t27-,28+/m1/s1. The topological polar surface area (TPSA) is 59.1 Å². The van der Waals surface area contributed by atoms with Gasteiger partial charge in [-0.05, 0) is 74.8 Å². The van der Waals surface area contributed by atoms with E-state index in [1.807, 2.05) is 56.0 Å². The van der Waals surface area contributed by atoms with Gasteiger partial charge in [-0.25, -0.2) is 4.79 Å². The Hall–Kier alpha value is -3.51. The van der Waals surface area contributed by atoms with Crippen LogP contribution in [0.25, 0.3) is 11.1 Å². The van der Waals surface area contributed by atoms with E-state index in [0.717, 1.165) is 35.2 Å². The zero-order valence-corrected chi connectivity index (χ0v) is 24.4. The van der Waals surface area contributed by atoms with Crippen LogP contribution in [0.15, 0.2) is 72.8 Å². The Morgan fingerprint density at radius 1 is 0.925 bits per heavy atom. The maximum atomic E-state index is 14.5. The van der Waals surface area contributed by atoms with Crippen molar-refractivity contribution < 1.29 is 19.1 Å². The number of carbonyl (C=O) groups excluding carboxylic acids is 2. The fourth-order valence-corrected chi connectivity index (χ4v) is 5.70. The molecule has 0 spiro atoms. The first-order valence-corrected chi connectivity index (χ1v) is 14.3. The number of likely N-dealkylation sites (tertiary alicyclic amines) is 1. The zero-order valence-electron chi connectivity index (χ0n) is 23.6. The van der Waals surface area contributed by atoms with Gasteiger partial charge in [-0.2, -0.15) is 0 Å². The Kier molecular flexibility index (Phi) is 8.09. The molecule has 2 aliphatic rings. The van der Waals surface area contributed by atoms with E-state index < -0.39 is 11.5 Å². The van der Waals surface area contributed by atoms with Gasteiger partial charge in [-0.1, -0.05) is 66.2 Å². The van der Waals surface area contributed by atoms with Crippen LogP contribution in [0.1, 0.15) is 51.5 Å². The molecule has 3 aromatic rings. The lowest BCUT2D eigenvalue weighted by atomic mass is 9.79. The molecule has 1 saturated carbocycles. The molecule has 2 atom stereocenters. The van der Waals surface area contributed by atoms with Crippen LogP contribution < -0.4 is 9.64 Å². The highest BCUT2D eigenvalue weighted by molar-refractivity contribution is 6.32. The average molecular weight is 561 g/mol. The smallest absolute Gasteiger partial charge is 0.410 e. The number of nitrogens with zero attached hydrogens (tertiary/aromatic N) is 2. The predicted molar refractivity (Wildman–Crippen MR) is 159 cm³/mol. The molecule has 0 bridgehead atoms. The summed E-state index contributed by atoms with van der Waals surface area (Å²) in [5.74, 6) is 0.0545. The van der Waals surface area contributed by atoms with Crippen molar-refractivity contribution in [1.29, 1.82) is 0 Å². The Bertz CT molecular complexity index is 1370. The summed E-state index contributed by atoms with van der Waals surface area (Å²) in [5.41, 5.74) is 3.50. The van der Waals surface area contributed by atoms with Gasteiger partial charge in [-0.15, -0.1) is 0 Å². The summed E-state index contributed by atoms with van der Waals surface area (Å²) >= 11 is 6.31. The normalized spacial score (nSPS) is 19.2. The number of anilines is 1. The van der Waals surface area contributed by atoms with E-state index in [-0.39, 0.29) is 24.0 Å². The molecule has 5 rings (SSSR count). The summed E-state index contributed by atoms with van der Waals surface area (Å²) in [7, 11) is 1.57. The largest absolute Gasteiger partial charge is 0.495 e.